The van der Waals surface area contributed by atoms with Crippen LogP contribution in [0.1, 0.15) is 11.1 Å². The van der Waals surface area contributed by atoms with E-state index in [2.05, 4.69) is 5.16 Å². The molecule has 90 valence electrons. The summed E-state index contributed by atoms with van der Waals surface area (Å²) >= 11 is 0. The number of benzene rings is 2. The molecule has 3 heteroatoms. The van der Waals surface area contributed by atoms with Crippen molar-refractivity contribution < 1.29 is 5.21 Å². The number of nitrogen functional groups attached to an aromatic ring is 1. The first-order valence-electron chi connectivity index (χ1n) is 5.61. The highest BCUT2D eigenvalue weighted by Crippen LogP contribution is 2.13. The average Bonchev–Trinajstić information content (AvgIpc) is 2.42. The van der Waals surface area contributed by atoms with Gasteiger partial charge in [0.25, 0.3) is 0 Å². The summed E-state index contributed by atoms with van der Waals surface area (Å²) in [4.78, 5) is 0. The van der Waals surface area contributed by atoms with Gasteiger partial charge in [0.2, 0.25) is 0 Å². The molecule has 0 heterocycles. The van der Waals surface area contributed by atoms with Gasteiger partial charge in [-0.15, -0.1) is 0 Å². The van der Waals surface area contributed by atoms with E-state index in [1.807, 2.05) is 54.6 Å². The van der Waals surface area contributed by atoms with Gasteiger partial charge in [0.05, 0.1) is 0 Å². The summed E-state index contributed by atoms with van der Waals surface area (Å²) < 4.78 is 0. The SMILES string of the molecule is Nc1ccccc1C(/C=C/c1ccccc1)=N\O. The molecule has 0 unspecified atom stereocenters. The molecular weight excluding hydrogens is 224 g/mol. The second-order valence-corrected chi connectivity index (χ2v) is 3.82. The van der Waals surface area contributed by atoms with Crippen LogP contribution in [-0.2, 0) is 0 Å². The van der Waals surface area contributed by atoms with E-state index in [0.717, 1.165) is 5.56 Å². The minimum absolute atomic E-state index is 0.442. The third kappa shape index (κ3) is 2.77. The molecule has 0 radical (unpaired) electrons. The number of hydrogen-bond acceptors (Lipinski definition) is 3. The summed E-state index contributed by atoms with van der Waals surface area (Å²) in [5, 5.41) is 12.3. The van der Waals surface area contributed by atoms with Gasteiger partial charge in [-0.25, -0.2) is 0 Å². The Hall–Kier alpha value is -2.55. The molecule has 0 aromatic heterocycles. The first kappa shape index (κ1) is 11.9. The summed E-state index contributed by atoms with van der Waals surface area (Å²) in [6.45, 7) is 0. The molecule has 2 rings (SSSR count). The maximum absolute atomic E-state index is 9.06. The van der Waals surface area contributed by atoms with Crippen molar-refractivity contribution in [2.45, 2.75) is 0 Å². The highest BCUT2D eigenvalue weighted by atomic mass is 16.4. The second-order valence-electron chi connectivity index (χ2n) is 3.82. The van der Waals surface area contributed by atoms with Gasteiger partial charge in [0, 0.05) is 11.3 Å². The molecule has 0 saturated heterocycles. The van der Waals surface area contributed by atoms with E-state index in [0.29, 0.717) is 17.0 Å². The molecule has 0 aliphatic heterocycles. The van der Waals surface area contributed by atoms with Gasteiger partial charge < -0.3 is 10.9 Å². The van der Waals surface area contributed by atoms with E-state index < -0.39 is 0 Å². The molecule has 2 aromatic carbocycles. The molecule has 0 saturated carbocycles. The van der Waals surface area contributed by atoms with Gasteiger partial charge in [0.15, 0.2) is 0 Å². The molecule has 0 amide bonds. The predicted molar refractivity (Wildman–Crippen MR) is 74.7 cm³/mol. The number of nitrogens with zero attached hydrogens (tertiary/aromatic N) is 1. The van der Waals surface area contributed by atoms with Crippen molar-refractivity contribution >= 4 is 17.5 Å². The number of nitrogens with two attached hydrogens (primary N) is 1. The van der Waals surface area contributed by atoms with Crippen molar-refractivity contribution in [2.24, 2.45) is 5.16 Å². The molecule has 0 aliphatic carbocycles. The maximum Gasteiger partial charge on any atom is 0.111 e. The van der Waals surface area contributed by atoms with Crippen LogP contribution >= 0.6 is 0 Å². The number of anilines is 1. The van der Waals surface area contributed by atoms with Crippen molar-refractivity contribution in [3.05, 3.63) is 71.8 Å². The van der Waals surface area contributed by atoms with Crippen LogP contribution in [-0.4, -0.2) is 10.9 Å². The van der Waals surface area contributed by atoms with Crippen molar-refractivity contribution in [1.82, 2.24) is 0 Å². The summed E-state index contributed by atoms with van der Waals surface area (Å²) in [6, 6.07) is 17.1. The minimum Gasteiger partial charge on any atom is -0.410 e. The maximum atomic E-state index is 9.06. The zero-order valence-electron chi connectivity index (χ0n) is 9.82. The van der Waals surface area contributed by atoms with Gasteiger partial charge in [-0.05, 0) is 17.7 Å². The summed E-state index contributed by atoms with van der Waals surface area (Å²) in [6.07, 6.45) is 3.61. The molecule has 18 heavy (non-hydrogen) atoms. The lowest BCUT2D eigenvalue weighted by Gasteiger charge is -2.03. The Morgan fingerprint density at radius 3 is 2.33 bits per heavy atom. The van der Waals surface area contributed by atoms with Gasteiger partial charge in [-0.2, -0.15) is 0 Å². The molecule has 0 fully saturated rings. The number of hydrogen-bond donors (Lipinski definition) is 2. The third-order valence-electron chi connectivity index (χ3n) is 2.58. The lowest BCUT2D eigenvalue weighted by Crippen LogP contribution is -2.01. The lowest BCUT2D eigenvalue weighted by molar-refractivity contribution is 0.320. The van der Waals surface area contributed by atoms with Crippen LogP contribution in [0.15, 0.2) is 65.8 Å². The molecular formula is C15H14N2O. The smallest absolute Gasteiger partial charge is 0.111 e. The molecule has 3 nitrogen and oxygen atoms in total. The van der Waals surface area contributed by atoms with E-state index in [4.69, 9.17) is 10.9 Å². The fourth-order valence-corrected chi connectivity index (χ4v) is 1.65. The Morgan fingerprint density at radius 1 is 1.00 bits per heavy atom. The first-order chi connectivity index (χ1) is 8.81. The third-order valence-corrected chi connectivity index (χ3v) is 2.58. The van der Waals surface area contributed by atoms with Crippen LogP contribution in [0.4, 0.5) is 5.69 Å². The topological polar surface area (TPSA) is 58.6 Å². The van der Waals surface area contributed by atoms with Crippen LogP contribution in [0.5, 0.6) is 0 Å². The number of para-hydroxylation sites is 1. The van der Waals surface area contributed by atoms with E-state index >= 15 is 0 Å². The van der Waals surface area contributed by atoms with Gasteiger partial charge in [0.1, 0.15) is 5.71 Å². The molecule has 0 bridgehead atoms. The minimum atomic E-state index is 0.442. The molecule has 3 N–H and O–H groups in total. The van der Waals surface area contributed by atoms with Crippen molar-refractivity contribution in [1.29, 1.82) is 0 Å². The van der Waals surface area contributed by atoms with E-state index in [1.165, 1.54) is 0 Å². The molecule has 0 aliphatic rings. The Bertz CT molecular complexity index is 574. The zero-order valence-corrected chi connectivity index (χ0v) is 9.82. The van der Waals surface area contributed by atoms with Gasteiger partial charge >= 0.3 is 0 Å². The molecule has 2 aromatic rings. The summed E-state index contributed by atoms with van der Waals surface area (Å²) in [5.41, 5.74) is 8.62. The normalized spacial score (nSPS) is 11.9. The van der Waals surface area contributed by atoms with Gasteiger partial charge in [-0.1, -0.05) is 59.8 Å². The second kappa shape index (κ2) is 5.68. The van der Waals surface area contributed by atoms with Crippen LogP contribution < -0.4 is 5.73 Å². The van der Waals surface area contributed by atoms with Gasteiger partial charge in [-0.3, -0.25) is 0 Å². The lowest BCUT2D eigenvalue weighted by atomic mass is 10.1. The Kier molecular flexibility index (Phi) is 3.76. The van der Waals surface area contributed by atoms with Crippen molar-refractivity contribution in [3.8, 4) is 0 Å². The van der Waals surface area contributed by atoms with Crippen LogP contribution in [0.2, 0.25) is 0 Å². The van der Waals surface area contributed by atoms with Crippen LogP contribution in [0.25, 0.3) is 6.08 Å². The first-order valence-corrected chi connectivity index (χ1v) is 5.61. The van der Waals surface area contributed by atoms with Crippen LogP contribution in [0, 0.1) is 0 Å². The number of rotatable bonds is 3. The van der Waals surface area contributed by atoms with E-state index in [1.54, 1.807) is 12.1 Å². The quantitative estimate of drug-likeness (QED) is 0.373. The van der Waals surface area contributed by atoms with E-state index in [-0.39, 0.29) is 0 Å². The highest BCUT2D eigenvalue weighted by Gasteiger charge is 2.03. The number of oxime groups is 1. The fourth-order valence-electron chi connectivity index (χ4n) is 1.65. The molecule has 0 atom stereocenters. The molecule has 0 spiro atoms. The average molecular weight is 238 g/mol. The highest BCUT2D eigenvalue weighted by molar-refractivity contribution is 6.13. The van der Waals surface area contributed by atoms with Crippen molar-refractivity contribution in [3.63, 3.8) is 0 Å². The van der Waals surface area contributed by atoms with Crippen LogP contribution in [0.3, 0.4) is 0 Å². The number of allylic oxidation sites excluding steroid dienone is 1. The monoisotopic (exact) mass is 238 g/mol. The summed E-state index contributed by atoms with van der Waals surface area (Å²) in [5.74, 6) is 0. The van der Waals surface area contributed by atoms with Crippen molar-refractivity contribution in [2.75, 3.05) is 5.73 Å². The predicted octanol–water partition coefficient (Wildman–Crippen LogP) is 3.16. The Morgan fingerprint density at radius 2 is 1.67 bits per heavy atom. The van der Waals surface area contributed by atoms with E-state index in [9.17, 15) is 0 Å². The largest absolute Gasteiger partial charge is 0.410 e. The standard InChI is InChI=1S/C15H14N2O/c16-14-9-5-4-8-13(14)15(17-18)11-10-12-6-2-1-3-7-12/h1-11,18H,16H2/b11-10+,17-15-. The zero-order chi connectivity index (χ0) is 12.8. The Labute approximate surface area is 106 Å². The fraction of sp³-hybridized carbons (Fsp3) is 0. The summed E-state index contributed by atoms with van der Waals surface area (Å²) in [7, 11) is 0. The Balaban J connectivity index is 2.27.